The molecular formula is C15H25ClN2O2. The first kappa shape index (κ1) is 18.7. The van der Waals surface area contributed by atoms with Crippen LogP contribution in [0.15, 0.2) is 18.2 Å². The van der Waals surface area contributed by atoms with Crippen LogP contribution in [0.3, 0.4) is 0 Å². The number of nitrogens with two attached hydrogens (primary N) is 1. The van der Waals surface area contributed by atoms with E-state index < -0.39 is 0 Å². The lowest BCUT2D eigenvalue weighted by Gasteiger charge is -2.10. The van der Waals surface area contributed by atoms with Crippen molar-refractivity contribution in [3.63, 3.8) is 0 Å². The van der Waals surface area contributed by atoms with E-state index in [9.17, 15) is 4.79 Å². The van der Waals surface area contributed by atoms with E-state index in [1.165, 1.54) is 5.56 Å². The molecule has 4 nitrogen and oxygen atoms in total. The molecule has 0 heterocycles. The van der Waals surface area contributed by atoms with Gasteiger partial charge in [-0.2, -0.15) is 0 Å². The highest BCUT2D eigenvalue weighted by atomic mass is 35.5. The Morgan fingerprint density at radius 3 is 2.75 bits per heavy atom. The highest BCUT2D eigenvalue weighted by molar-refractivity contribution is 5.85. The Balaban J connectivity index is 0.00000361. The molecule has 3 N–H and O–H groups in total. The van der Waals surface area contributed by atoms with Crippen LogP contribution in [-0.4, -0.2) is 25.6 Å². The lowest BCUT2D eigenvalue weighted by molar-refractivity contribution is -0.121. The van der Waals surface area contributed by atoms with Gasteiger partial charge < -0.3 is 15.8 Å². The first-order chi connectivity index (χ1) is 9.15. The molecule has 0 spiro atoms. The maximum Gasteiger partial charge on any atom is 0.223 e. The van der Waals surface area contributed by atoms with Gasteiger partial charge in [-0.3, -0.25) is 4.79 Å². The van der Waals surface area contributed by atoms with E-state index in [-0.39, 0.29) is 18.3 Å². The molecular weight excluding hydrogens is 276 g/mol. The molecule has 0 radical (unpaired) electrons. The number of unbranched alkanes of at least 4 members (excludes halogenated alkanes) is 1. The van der Waals surface area contributed by atoms with E-state index in [0.717, 1.165) is 24.2 Å². The van der Waals surface area contributed by atoms with Crippen molar-refractivity contribution in [1.29, 1.82) is 0 Å². The zero-order valence-electron chi connectivity index (χ0n) is 12.3. The Morgan fingerprint density at radius 2 is 2.05 bits per heavy atom. The molecule has 0 aromatic heterocycles. The SMILES string of the molecule is Cc1cccc(OCCC(=O)NCCCCN)c1C.Cl. The standard InChI is InChI=1S/C15H24N2O2.ClH/c1-12-6-5-7-14(13(12)2)19-11-8-15(18)17-10-4-3-9-16;/h5-7H,3-4,8-11,16H2,1-2H3,(H,17,18);1H. The molecule has 0 saturated carbocycles. The van der Waals surface area contributed by atoms with Gasteiger partial charge in [0.1, 0.15) is 5.75 Å². The number of amides is 1. The normalized spacial score (nSPS) is 9.75. The summed E-state index contributed by atoms with van der Waals surface area (Å²) < 4.78 is 5.63. The highest BCUT2D eigenvalue weighted by Crippen LogP contribution is 2.20. The van der Waals surface area contributed by atoms with Crippen LogP contribution in [0.1, 0.15) is 30.4 Å². The van der Waals surface area contributed by atoms with Crippen molar-refractivity contribution >= 4 is 18.3 Å². The van der Waals surface area contributed by atoms with Gasteiger partial charge in [0.25, 0.3) is 0 Å². The van der Waals surface area contributed by atoms with Crippen LogP contribution < -0.4 is 15.8 Å². The Hall–Kier alpha value is -1.26. The molecule has 114 valence electrons. The molecule has 0 saturated heterocycles. The fraction of sp³-hybridized carbons (Fsp3) is 0.533. The molecule has 1 amide bonds. The van der Waals surface area contributed by atoms with Crippen molar-refractivity contribution in [3.8, 4) is 5.75 Å². The molecule has 20 heavy (non-hydrogen) atoms. The number of nitrogens with one attached hydrogen (secondary N) is 1. The largest absolute Gasteiger partial charge is 0.493 e. The number of benzene rings is 1. The molecule has 0 aliphatic heterocycles. The van der Waals surface area contributed by atoms with Gasteiger partial charge in [0.2, 0.25) is 5.91 Å². The third-order valence-electron chi connectivity index (χ3n) is 3.09. The summed E-state index contributed by atoms with van der Waals surface area (Å²) in [6, 6.07) is 5.94. The van der Waals surface area contributed by atoms with E-state index in [0.29, 0.717) is 26.1 Å². The summed E-state index contributed by atoms with van der Waals surface area (Å²) in [5.74, 6) is 0.887. The van der Waals surface area contributed by atoms with Crippen LogP contribution >= 0.6 is 12.4 Å². The molecule has 0 unspecified atom stereocenters. The molecule has 5 heteroatoms. The van der Waals surface area contributed by atoms with Crippen LogP contribution in [-0.2, 0) is 4.79 Å². The van der Waals surface area contributed by atoms with Crippen LogP contribution in [0.4, 0.5) is 0 Å². The number of aryl methyl sites for hydroxylation is 1. The summed E-state index contributed by atoms with van der Waals surface area (Å²) in [6.45, 7) is 5.85. The quantitative estimate of drug-likeness (QED) is 0.724. The van der Waals surface area contributed by atoms with Crippen molar-refractivity contribution < 1.29 is 9.53 Å². The molecule has 0 aliphatic rings. The fourth-order valence-electron chi connectivity index (χ4n) is 1.72. The minimum absolute atomic E-state index is 0. The molecule has 0 aliphatic carbocycles. The van der Waals surface area contributed by atoms with Crippen molar-refractivity contribution in [3.05, 3.63) is 29.3 Å². The molecule has 0 atom stereocenters. The molecule has 1 aromatic carbocycles. The second-order valence-corrected chi connectivity index (χ2v) is 4.64. The number of ether oxygens (including phenoxy) is 1. The van der Waals surface area contributed by atoms with E-state index in [4.69, 9.17) is 10.5 Å². The number of hydrogen-bond acceptors (Lipinski definition) is 3. The van der Waals surface area contributed by atoms with Crippen molar-refractivity contribution in [2.24, 2.45) is 5.73 Å². The monoisotopic (exact) mass is 300 g/mol. The topological polar surface area (TPSA) is 64.3 Å². The Bertz CT molecular complexity index is 411. The number of rotatable bonds is 8. The molecule has 1 rings (SSSR count). The third kappa shape index (κ3) is 6.78. The maximum atomic E-state index is 11.5. The minimum Gasteiger partial charge on any atom is -0.493 e. The summed E-state index contributed by atoms with van der Waals surface area (Å²) in [7, 11) is 0. The van der Waals surface area contributed by atoms with Gasteiger partial charge in [0, 0.05) is 6.54 Å². The summed E-state index contributed by atoms with van der Waals surface area (Å²) in [5, 5.41) is 2.86. The Morgan fingerprint density at radius 1 is 1.30 bits per heavy atom. The smallest absolute Gasteiger partial charge is 0.223 e. The van der Waals surface area contributed by atoms with Crippen molar-refractivity contribution in [2.75, 3.05) is 19.7 Å². The average Bonchev–Trinajstić information content (AvgIpc) is 2.40. The second-order valence-electron chi connectivity index (χ2n) is 4.64. The van der Waals surface area contributed by atoms with Gasteiger partial charge in [-0.15, -0.1) is 12.4 Å². The Labute approximate surface area is 127 Å². The lowest BCUT2D eigenvalue weighted by Crippen LogP contribution is -2.26. The number of halogens is 1. The fourth-order valence-corrected chi connectivity index (χ4v) is 1.72. The van der Waals surface area contributed by atoms with Crippen LogP contribution in [0.2, 0.25) is 0 Å². The summed E-state index contributed by atoms with van der Waals surface area (Å²) in [5.41, 5.74) is 7.71. The van der Waals surface area contributed by atoms with E-state index in [1.54, 1.807) is 0 Å². The van der Waals surface area contributed by atoms with Gasteiger partial charge in [-0.05, 0) is 50.4 Å². The van der Waals surface area contributed by atoms with Gasteiger partial charge in [-0.25, -0.2) is 0 Å². The van der Waals surface area contributed by atoms with Crippen LogP contribution in [0, 0.1) is 13.8 Å². The van der Waals surface area contributed by atoms with E-state index >= 15 is 0 Å². The third-order valence-corrected chi connectivity index (χ3v) is 3.09. The maximum absolute atomic E-state index is 11.5. The van der Waals surface area contributed by atoms with Crippen LogP contribution in [0.5, 0.6) is 5.75 Å². The zero-order chi connectivity index (χ0) is 14.1. The molecule has 1 aromatic rings. The van der Waals surface area contributed by atoms with Crippen molar-refractivity contribution in [2.45, 2.75) is 33.1 Å². The highest BCUT2D eigenvalue weighted by Gasteiger charge is 2.04. The second kappa shape index (κ2) is 10.5. The van der Waals surface area contributed by atoms with Gasteiger partial charge in [0.05, 0.1) is 13.0 Å². The predicted octanol–water partition coefficient (Wildman–Crippen LogP) is 2.35. The first-order valence-corrected chi connectivity index (χ1v) is 6.81. The Kier molecular flexibility index (Phi) is 9.86. The minimum atomic E-state index is 0. The van der Waals surface area contributed by atoms with Crippen molar-refractivity contribution in [1.82, 2.24) is 5.32 Å². The summed E-state index contributed by atoms with van der Waals surface area (Å²) in [4.78, 5) is 11.5. The lowest BCUT2D eigenvalue weighted by atomic mass is 10.1. The average molecular weight is 301 g/mol. The zero-order valence-corrected chi connectivity index (χ0v) is 13.1. The number of carbonyl (C=O) groups excluding carboxylic acids is 1. The summed E-state index contributed by atoms with van der Waals surface area (Å²) in [6.07, 6.45) is 2.26. The van der Waals surface area contributed by atoms with Gasteiger partial charge >= 0.3 is 0 Å². The molecule has 0 fully saturated rings. The van der Waals surface area contributed by atoms with Crippen LogP contribution in [0.25, 0.3) is 0 Å². The van der Waals surface area contributed by atoms with Gasteiger partial charge in [-0.1, -0.05) is 12.1 Å². The predicted molar refractivity (Wildman–Crippen MR) is 84.6 cm³/mol. The first-order valence-electron chi connectivity index (χ1n) is 6.81. The van der Waals surface area contributed by atoms with Gasteiger partial charge in [0.15, 0.2) is 0 Å². The molecule has 0 bridgehead atoms. The van der Waals surface area contributed by atoms with E-state index in [1.807, 2.05) is 32.0 Å². The summed E-state index contributed by atoms with van der Waals surface area (Å²) >= 11 is 0. The number of hydrogen-bond donors (Lipinski definition) is 2. The van der Waals surface area contributed by atoms with E-state index in [2.05, 4.69) is 5.32 Å². The number of carbonyl (C=O) groups is 1.